The highest BCUT2D eigenvalue weighted by Crippen LogP contribution is 2.35. The van der Waals surface area contributed by atoms with Crippen molar-refractivity contribution in [1.29, 1.82) is 0 Å². The van der Waals surface area contributed by atoms with E-state index in [0.717, 1.165) is 35.3 Å². The van der Waals surface area contributed by atoms with E-state index in [1.54, 1.807) is 16.0 Å². The standard InChI is InChI=1S/C23H26N6OS2/c1-13-8-9-16-17(10-13)32-22-20(16)21(30)25-18(26-22)12-31-23-28-27-19(29(23)24)11-14(2)15-6-4-3-5-7-15/h3-7,13-14H,8-12,24H2,1-2H3,(H,25,26,30). The van der Waals surface area contributed by atoms with Crippen LogP contribution in [0.5, 0.6) is 0 Å². The molecule has 1 aliphatic rings. The zero-order chi connectivity index (χ0) is 22.2. The Kier molecular flexibility index (Phi) is 5.77. The van der Waals surface area contributed by atoms with Crippen molar-refractivity contribution in [3.8, 4) is 0 Å². The Morgan fingerprint density at radius 1 is 1.31 bits per heavy atom. The lowest BCUT2D eigenvalue weighted by Gasteiger charge is -2.17. The number of rotatable bonds is 6. The van der Waals surface area contributed by atoms with Gasteiger partial charge in [-0.15, -0.1) is 21.5 Å². The molecule has 9 heteroatoms. The molecule has 0 aliphatic heterocycles. The Morgan fingerprint density at radius 3 is 2.94 bits per heavy atom. The Morgan fingerprint density at radius 2 is 2.12 bits per heavy atom. The predicted octanol–water partition coefficient (Wildman–Crippen LogP) is 4.05. The summed E-state index contributed by atoms with van der Waals surface area (Å²) in [7, 11) is 0. The van der Waals surface area contributed by atoms with Crippen molar-refractivity contribution in [1.82, 2.24) is 24.8 Å². The van der Waals surface area contributed by atoms with Crippen molar-refractivity contribution in [3.05, 3.63) is 68.3 Å². The van der Waals surface area contributed by atoms with Gasteiger partial charge in [0.1, 0.15) is 10.7 Å². The van der Waals surface area contributed by atoms with Crippen LogP contribution in [0, 0.1) is 5.92 Å². The minimum absolute atomic E-state index is 0.0377. The van der Waals surface area contributed by atoms with E-state index in [4.69, 9.17) is 10.8 Å². The van der Waals surface area contributed by atoms with Crippen LogP contribution in [0.3, 0.4) is 0 Å². The number of aromatic nitrogens is 5. The fraction of sp³-hybridized carbons (Fsp3) is 0.391. The van der Waals surface area contributed by atoms with E-state index in [-0.39, 0.29) is 11.5 Å². The van der Waals surface area contributed by atoms with E-state index in [1.807, 2.05) is 18.2 Å². The third-order valence-corrected chi connectivity index (χ3v) is 8.25. The van der Waals surface area contributed by atoms with Gasteiger partial charge in [-0.05, 0) is 42.2 Å². The van der Waals surface area contributed by atoms with Gasteiger partial charge in [-0.1, -0.05) is 55.9 Å². The Bertz CT molecular complexity index is 1310. The molecule has 0 saturated heterocycles. The molecule has 166 valence electrons. The molecule has 2 atom stereocenters. The number of hydrogen-bond donors (Lipinski definition) is 2. The van der Waals surface area contributed by atoms with Crippen molar-refractivity contribution in [3.63, 3.8) is 0 Å². The van der Waals surface area contributed by atoms with Crippen LogP contribution in [0.25, 0.3) is 10.2 Å². The summed E-state index contributed by atoms with van der Waals surface area (Å²) in [4.78, 5) is 22.7. The number of hydrogen-bond acceptors (Lipinski definition) is 7. The highest BCUT2D eigenvalue weighted by atomic mass is 32.2. The second-order valence-corrected chi connectivity index (χ2v) is 10.6. The molecule has 3 aromatic heterocycles. The van der Waals surface area contributed by atoms with Gasteiger partial charge in [0.15, 0.2) is 5.82 Å². The number of nitrogens with zero attached hydrogens (tertiary/aromatic N) is 4. The van der Waals surface area contributed by atoms with Gasteiger partial charge in [0.05, 0.1) is 11.1 Å². The van der Waals surface area contributed by atoms with Gasteiger partial charge >= 0.3 is 0 Å². The van der Waals surface area contributed by atoms with Gasteiger partial charge in [-0.25, -0.2) is 9.66 Å². The smallest absolute Gasteiger partial charge is 0.259 e. The molecule has 0 radical (unpaired) electrons. The quantitative estimate of drug-likeness (QED) is 0.328. The van der Waals surface area contributed by atoms with Crippen LogP contribution < -0.4 is 11.4 Å². The van der Waals surface area contributed by atoms with Crippen LogP contribution in [0.4, 0.5) is 0 Å². The fourth-order valence-electron chi connectivity index (χ4n) is 4.31. The van der Waals surface area contributed by atoms with Gasteiger partial charge in [-0.3, -0.25) is 4.79 Å². The maximum Gasteiger partial charge on any atom is 0.259 e. The largest absolute Gasteiger partial charge is 0.336 e. The molecule has 2 unspecified atom stereocenters. The summed E-state index contributed by atoms with van der Waals surface area (Å²) in [6, 6.07) is 10.3. The fourth-order valence-corrected chi connectivity index (χ4v) is 6.46. The average Bonchev–Trinajstić information content (AvgIpc) is 3.32. The first-order chi connectivity index (χ1) is 15.5. The van der Waals surface area contributed by atoms with Gasteiger partial charge in [0.25, 0.3) is 5.56 Å². The molecule has 1 aliphatic carbocycles. The number of fused-ring (bicyclic) bond motifs is 3. The molecule has 0 spiro atoms. The minimum Gasteiger partial charge on any atom is -0.336 e. The average molecular weight is 467 g/mol. The monoisotopic (exact) mass is 466 g/mol. The maximum atomic E-state index is 12.8. The van der Waals surface area contributed by atoms with E-state index in [9.17, 15) is 4.79 Å². The molecule has 5 rings (SSSR count). The third kappa shape index (κ3) is 4.06. The number of benzene rings is 1. The van der Waals surface area contributed by atoms with E-state index >= 15 is 0 Å². The molecule has 0 bridgehead atoms. The van der Waals surface area contributed by atoms with Crippen molar-refractivity contribution in [2.24, 2.45) is 5.92 Å². The summed E-state index contributed by atoms with van der Waals surface area (Å²) in [5.74, 6) is 9.08. The number of nitrogens with two attached hydrogens (primary N) is 1. The highest BCUT2D eigenvalue weighted by Gasteiger charge is 2.23. The molecule has 4 aromatic rings. The van der Waals surface area contributed by atoms with Gasteiger partial charge in [0, 0.05) is 11.3 Å². The number of nitrogens with one attached hydrogen (secondary N) is 1. The SMILES string of the molecule is CC1CCc2c(sc3nc(CSc4nnc(CC(C)c5ccccc5)n4N)[nH]c(=O)c23)C1. The Balaban J connectivity index is 1.31. The number of thioether (sulfide) groups is 1. The lowest BCUT2D eigenvalue weighted by molar-refractivity contribution is 0.509. The normalized spacial score (nSPS) is 16.9. The van der Waals surface area contributed by atoms with Gasteiger partial charge < -0.3 is 10.8 Å². The second kappa shape index (κ2) is 8.71. The minimum atomic E-state index is -0.0377. The molecule has 3 heterocycles. The number of H-pyrrole nitrogens is 1. The van der Waals surface area contributed by atoms with Crippen molar-refractivity contribution >= 4 is 33.3 Å². The number of aromatic amines is 1. The van der Waals surface area contributed by atoms with E-state index in [2.05, 4.69) is 41.2 Å². The molecular weight excluding hydrogens is 440 g/mol. The van der Waals surface area contributed by atoms with Gasteiger partial charge in [0.2, 0.25) is 5.16 Å². The molecular formula is C23H26N6OS2. The Labute approximate surface area is 194 Å². The van der Waals surface area contributed by atoms with Crippen LogP contribution in [0.2, 0.25) is 0 Å². The topological polar surface area (TPSA) is 102 Å². The van der Waals surface area contributed by atoms with Crippen LogP contribution in [-0.2, 0) is 25.0 Å². The molecule has 1 aromatic carbocycles. The summed E-state index contributed by atoms with van der Waals surface area (Å²) in [5.41, 5.74) is 2.41. The first-order valence-corrected chi connectivity index (χ1v) is 12.7. The van der Waals surface area contributed by atoms with E-state index < -0.39 is 0 Å². The van der Waals surface area contributed by atoms with Crippen LogP contribution >= 0.6 is 23.1 Å². The second-order valence-electron chi connectivity index (χ2n) is 8.62. The summed E-state index contributed by atoms with van der Waals surface area (Å²) in [6.07, 6.45) is 3.84. The van der Waals surface area contributed by atoms with Crippen molar-refractivity contribution < 1.29 is 0 Å². The lowest BCUT2D eigenvalue weighted by atomic mass is 9.89. The van der Waals surface area contributed by atoms with Crippen LogP contribution in [-0.4, -0.2) is 24.8 Å². The van der Waals surface area contributed by atoms with Crippen molar-refractivity contribution in [2.75, 3.05) is 5.84 Å². The van der Waals surface area contributed by atoms with Crippen LogP contribution in [0.15, 0.2) is 40.3 Å². The molecule has 0 fully saturated rings. The summed E-state index contributed by atoms with van der Waals surface area (Å²) in [5, 5.41) is 9.94. The molecule has 0 saturated carbocycles. The predicted molar refractivity (Wildman–Crippen MR) is 130 cm³/mol. The third-order valence-electron chi connectivity index (χ3n) is 6.14. The number of aryl methyl sites for hydroxylation is 1. The summed E-state index contributed by atoms with van der Waals surface area (Å²) < 4.78 is 1.55. The van der Waals surface area contributed by atoms with E-state index in [1.165, 1.54) is 27.8 Å². The highest BCUT2D eigenvalue weighted by molar-refractivity contribution is 7.98. The first-order valence-electron chi connectivity index (χ1n) is 10.9. The summed E-state index contributed by atoms with van der Waals surface area (Å²) in [6.45, 7) is 4.42. The molecule has 0 amide bonds. The van der Waals surface area contributed by atoms with Crippen LogP contribution in [0.1, 0.15) is 53.8 Å². The maximum absolute atomic E-state index is 12.8. The molecule has 3 N–H and O–H groups in total. The number of nitrogen functional groups attached to an aromatic ring is 1. The first kappa shape index (κ1) is 21.2. The molecule has 32 heavy (non-hydrogen) atoms. The zero-order valence-corrected chi connectivity index (χ0v) is 19.8. The van der Waals surface area contributed by atoms with Gasteiger partial charge in [-0.2, -0.15) is 0 Å². The zero-order valence-electron chi connectivity index (χ0n) is 18.2. The Hall–Kier alpha value is -2.65. The van der Waals surface area contributed by atoms with E-state index in [0.29, 0.717) is 29.1 Å². The summed E-state index contributed by atoms with van der Waals surface area (Å²) >= 11 is 3.10. The number of thiophene rings is 1. The van der Waals surface area contributed by atoms with Crippen molar-refractivity contribution in [2.45, 2.75) is 56.4 Å². The molecule has 7 nitrogen and oxygen atoms in total. The lowest BCUT2D eigenvalue weighted by Crippen LogP contribution is -2.16.